The smallest absolute Gasteiger partial charge is 0.254 e. The maximum absolute atomic E-state index is 12.6. The van der Waals surface area contributed by atoms with Crippen molar-refractivity contribution in [3.05, 3.63) is 23.8 Å². The van der Waals surface area contributed by atoms with Crippen molar-refractivity contribution in [2.45, 2.75) is 13.5 Å². The molecule has 0 saturated carbocycles. The van der Waals surface area contributed by atoms with Crippen molar-refractivity contribution in [3.63, 3.8) is 0 Å². The average Bonchev–Trinajstić information content (AvgIpc) is 2.97. The number of aromatic nitrogens is 3. The number of benzene rings is 1. The number of fused-ring (bicyclic) bond motifs is 1. The number of carbonyl (C=O) groups is 1. The molecule has 0 aliphatic carbocycles. The lowest BCUT2D eigenvalue weighted by atomic mass is 10.1. The highest BCUT2D eigenvalue weighted by molar-refractivity contribution is 5.97. The molecule has 0 spiro atoms. The molecular weight excluding hydrogens is 278 g/mol. The molecule has 1 aromatic carbocycles. The van der Waals surface area contributed by atoms with Gasteiger partial charge in [0.25, 0.3) is 5.91 Å². The zero-order valence-corrected chi connectivity index (χ0v) is 12.7. The Morgan fingerprint density at radius 3 is 2.77 bits per heavy atom. The van der Waals surface area contributed by atoms with E-state index in [-0.39, 0.29) is 5.91 Å². The Hall–Kier alpha value is -2.39. The van der Waals surface area contributed by atoms with E-state index in [4.69, 9.17) is 6.42 Å². The van der Waals surface area contributed by atoms with Gasteiger partial charge in [-0.15, -0.1) is 11.5 Å². The fourth-order valence-corrected chi connectivity index (χ4v) is 2.76. The zero-order chi connectivity index (χ0) is 15.5. The van der Waals surface area contributed by atoms with Crippen LogP contribution in [0.5, 0.6) is 0 Å². The summed E-state index contributed by atoms with van der Waals surface area (Å²) in [6.07, 6.45) is 5.32. The van der Waals surface area contributed by atoms with Crippen molar-refractivity contribution in [1.29, 1.82) is 0 Å². The van der Waals surface area contributed by atoms with E-state index in [0.717, 1.165) is 30.7 Å². The van der Waals surface area contributed by atoms with Crippen molar-refractivity contribution >= 4 is 16.9 Å². The van der Waals surface area contributed by atoms with E-state index in [0.29, 0.717) is 25.2 Å². The van der Waals surface area contributed by atoms with E-state index in [1.807, 2.05) is 34.7 Å². The minimum absolute atomic E-state index is 0.0494. The Bertz CT molecular complexity index is 722. The lowest BCUT2D eigenvalue weighted by Gasteiger charge is -2.33. The number of terminal acetylenes is 1. The molecule has 1 aromatic heterocycles. The van der Waals surface area contributed by atoms with Gasteiger partial charge >= 0.3 is 0 Å². The molecule has 2 heterocycles. The van der Waals surface area contributed by atoms with Crippen molar-refractivity contribution in [2.75, 3.05) is 32.7 Å². The van der Waals surface area contributed by atoms with Crippen molar-refractivity contribution in [2.24, 2.45) is 0 Å². The summed E-state index contributed by atoms with van der Waals surface area (Å²) in [5.41, 5.74) is 2.39. The first-order valence-electron chi connectivity index (χ1n) is 7.51. The van der Waals surface area contributed by atoms with Gasteiger partial charge in [-0.1, -0.05) is 11.1 Å². The predicted molar refractivity (Wildman–Crippen MR) is 84.4 cm³/mol. The van der Waals surface area contributed by atoms with Gasteiger partial charge in [-0.2, -0.15) is 0 Å². The third kappa shape index (κ3) is 2.68. The third-order valence-electron chi connectivity index (χ3n) is 4.03. The van der Waals surface area contributed by atoms with Crippen LogP contribution in [0, 0.1) is 12.3 Å². The Balaban J connectivity index is 1.74. The molecule has 1 saturated heterocycles. The van der Waals surface area contributed by atoms with Gasteiger partial charge in [-0.05, 0) is 25.1 Å². The van der Waals surface area contributed by atoms with Crippen LogP contribution >= 0.6 is 0 Å². The Kier molecular flexibility index (Phi) is 4.07. The fraction of sp³-hybridized carbons (Fsp3) is 0.438. The summed E-state index contributed by atoms with van der Waals surface area (Å²) in [5.74, 6) is 2.70. The maximum atomic E-state index is 12.6. The van der Waals surface area contributed by atoms with Crippen molar-refractivity contribution in [1.82, 2.24) is 24.8 Å². The second-order valence-corrected chi connectivity index (χ2v) is 5.38. The largest absolute Gasteiger partial charge is 0.336 e. The lowest BCUT2D eigenvalue weighted by Crippen LogP contribution is -2.48. The van der Waals surface area contributed by atoms with Crippen molar-refractivity contribution < 1.29 is 4.79 Å². The van der Waals surface area contributed by atoms with E-state index in [2.05, 4.69) is 21.1 Å². The van der Waals surface area contributed by atoms with Gasteiger partial charge < -0.3 is 4.90 Å². The maximum Gasteiger partial charge on any atom is 0.254 e. The third-order valence-corrected chi connectivity index (χ3v) is 4.03. The SMILES string of the molecule is C#CCN1CCN(C(=O)c2ccc3c(c2)nnn3CC)CC1. The van der Waals surface area contributed by atoms with Gasteiger partial charge in [0, 0.05) is 38.3 Å². The normalized spacial score (nSPS) is 15.9. The number of nitrogens with zero attached hydrogens (tertiary/aromatic N) is 5. The summed E-state index contributed by atoms with van der Waals surface area (Å²) in [7, 11) is 0. The van der Waals surface area contributed by atoms with E-state index in [9.17, 15) is 4.79 Å². The summed E-state index contributed by atoms with van der Waals surface area (Å²) in [5, 5.41) is 8.20. The highest BCUT2D eigenvalue weighted by Gasteiger charge is 2.22. The van der Waals surface area contributed by atoms with Crippen LogP contribution in [0.3, 0.4) is 0 Å². The van der Waals surface area contributed by atoms with Crippen LogP contribution in [0.1, 0.15) is 17.3 Å². The number of piperazine rings is 1. The zero-order valence-electron chi connectivity index (χ0n) is 12.7. The number of hydrogen-bond donors (Lipinski definition) is 0. The van der Waals surface area contributed by atoms with E-state index >= 15 is 0 Å². The van der Waals surface area contributed by atoms with Crippen molar-refractivity contribution in [3.8, 4) is 12.3 Å². The minimum atomic E-state index is 0.0494. The standard InChI is InChI=1S/C16H19N5O/c1-3-7-19-8-10-20(11-9-19)16(22)13-5-6-15-14(12-13)17-18-21(15)4-2/h1,5-6,12H,4,7-11H2,2H3. The first-order chi connectivity index (χ1) is 10.7. The Morgan fingerprint density at radius 2 is 2.09 bits per heavy atom. The van der Waals surface area contributed by atoms with Crippen LogP contribution in [-0.2, 0) is 6.54 Å². The molecule has 6 heteroatoms. The quantitative estimate of drug-likeness (QED) is 0.788. The Labute approximate surface area is 129 Å². The second-order valence-electron chi connectivity index (χ2n) is 5.38. The average molecular weight is 297 g/mol. The highest BCUT2D eigenvalue weighted by atomic mass is 16.2. The monoisotopic (exact) mass is 297 g/mol. The second kappa shape index (κ2) is 6.16. The molecule has 0 unspecified atom stereocenters. The summed E-state index contributed by atoms with van der Waals surface area (Å²) in [4.78, 5) is 16.7. The number of hydrogen-bond acceptors (Lipinski definition) is 4. The molecular formula is C16H19N5O. The number of carbonyl (C=O) groups excluding carboxylic acids is 1. The topological polar surface area (TPSA) is 54.3 Å². The van der Waals surface area contributed by atoms with Crippen LogP contribution < -0.4 is 0 Å². The number of aryl methyl sites for hydroxylation is 1. The first-order valence-corrected chi connectivity index (χ1v) is 7.51. The van der Waals surface area contributed by atoms with Crippen LogP contribution in [0.25, 0.3) is 11.0 Å². The highest BCUT2D eigenvalue weighted by Crippen LogP contribution is 2.16. The van der Waals surface area contributed by atoms with E-state index in [1.165, 1.54) is 0 Å². The van der Waals surface area contributed by atoms with Crippen LogP contribution in [0.15, 0.2) is 18.2 Å². The van der Waals surface area contributed by atoms with Gasteiger partial charge in [-0.25, -0.2) is 4.68 Å². The van der Waals surface area contributed by atoms with Gasteiger partial charge in [0.1, 0.15) is 5.52 Å². The summed E-state index contributed by atoms with van der Waals surface area (Å²) >= 11 is 0. The van der Waals surface area contributed by atoms with Crippen LogP contribution in [0.2, 0.25) is 0 Å². The molecule has 1 fully saturated rings. The van der Waals surface area contributed by atoms with E-state index in [1.54, 1.807) is 0 Å². The molecule has 0 N–H and O–H groups in total. The molecule has 1 aliphatic heterocycles. The van der Waals surface area contributed by atoms with Crippen LogP contribution in [-0.4, -0.2) is 63.4 Å². The summed E-state index contributed by atoms with van der Waals surface area (Å²) < 4.78 is 1.82. The first kappa shape index (κ1) is 14.5. The molecule has 3 rings (SSSR count). The van der Waals surface area contributed by atoms with Crippen LogP contribution in [0.4, 0.5) is 0 Å². The number of rotatable bonds is 3. The van der Waals surface area contributed by atoms with Gasteiger partial charge in [-0.3, -0.25) is 9.69 Å². The molecule has 6 nitrogen and oxygen atoms in total. The molecule has 1 amide bonds. The minimum Gasteiger partial charge on any atom is -0.336 e. The summed E-state index contributed by atoms with van der Waals surface area (Å²) in [6.45, 7) is 6.49. The number of amides is 1. The molecule has 0 atom stereocenters. The lowest BCUT2D eigenvalue weighted by molar-refractivity contribution is 0.0652. The Morgan fingerprint density at radius 1 is 1.32 bits per heavy atom. The van der Waals surface area contributed by atoms with Gasteiger partial charge in [0.15, 0.2) is 0 Å². The summed E-state index contributed by atoms with van der Waals surface area (Å²) in [6, 6.07) is 5.60. The fourth-order valence-electron chi connectivity index (χ4n) is 2.76. The molecule has 1 aliphatic rings. The molecule has 0 bridgehead atoms. The molecule has 22 heavy (non-hydrogen) atoms. The predicted octanol–water partition coefficient (Wildman–Crippen LogP) is 0.842. The van der Waals surface area contributed by atoms with Gasteiger partial charge in [0.2, 0.25) is 0 Å². The molecule has 2 aromatic rings. The molecule has 0 radical (unpaired) electrons. The van der Waals surface area contributed by atoms with E-state index < -0.39 is 0 Å². The van der Waals surface area contributed by atoms with Gasteiger partial charge in [0.05, 0.1) is 12.1 Å². The molecule has 114 valence electrons.